The van der Waals surface area contributed by atoms with Crippen molar-refractivity contribution < 1.29 is 13.2 Å². The normalized spacial score (nSPS) is 11.2. The lowest BCUT2D eigenvalue weighted by molar-refractivity contribution is -0.137. The molecule has 4 nitrogen and oxygen atoms in total. The largest absolute Gasteiger partial charge is 0.416 e. The number of thiocarbonyl (C=S) groups is 1. The Bertz CT molecular complexity index is 1060. The van der Waals surface area contributed by atoms with Gasteiger partial charge >= 0.3 is 6.18 Å². The molecular formula is C23H22ClF3N4S. The quantitative estimate of drug-likeness (QED) is 0.425. The molecule has 9 heteroatoms. The highest BCUT2D eigenvalue weighted by atomic mass is 35.5. The average molecular weight is 479 g/mol. The molecule has 0 atom stereocenters. The van der Waals surface area contributed by atoms with Gasteiger partial charge in [0, 0.05) is 32.5 Å². The molecule has 0 saturated carbocycles. The molecular weight excluding hydrogens is 457 g/mol. The predicted molar refractivity (Wildman–Crippen MR) is 127 cm³/mol. The molecule has 0 aliphatic carbocycles. The monoisotopic (exact) mass is 478 g/mol. The Morgan fingerprint density at radius 3 is 2.34 bits per heavy atom. The second kappa shape index (κ2) is 10.2. The van der Waals surface area contributed by atoms with Gasteiger partial charge in [0.1, 0.15) is 0 Å². The van der Waals surface area contributed by atoms with E-state index in [4.69, 9.17) is 23.8 Å². The highest BCUT2D eigenvalue weighted by Gasteiger charge is 2.31. The van der Waals surface area contributed by atoms with Crippen LogP contribution in [0.25, 0.3) is 0 Å². The lowest BCUT2D eigenvalue weighted by atomic mass is 10.1. The van der Waals surface area contributed by atoms with Crippen LogP contribution in [-0.2, 0) is 19.3 Å². The van der Waals surface area contributed by atoms with Crippen LogP contribution in [-0.4, -0.2) is 29.1 Å². The highest BCUT2D eigenvalue weighted by Crippen LogP contribution is 2.34. The molecule has 0 saturated heterocycles. The molecule has 3 aromatic rings. The first-order valence-electron chi connectivity index (χ1n) is 9.72. The van der Waals surface area contributed by atoms with Crippen LogP contribution in [0.5, 0.6) is 0 Å². The molecule has 0 fully saturated rings. The number of alkyl halides is 3. The molecule has 0 aliphatic rings. The summed E-state index contributed by atoms with van der Waals surface area (Å²) in [4.78, 5) is 8.17. The van der Waals surface area contributed by atoms with E-state index < -0.39 is 11.7 Å². The molecule has 1 heterocycles. The Labute approximate surface area is 195 Å². The summed E-state index contributed by atoms with van der Waals surface area (Å²) in [7, 11) is 3.92. The van der Waals surface area contributed by atoms with Crippen LogP contribution in [0.4, 0.5) is 24.5 Å². The van der Waals surface area contributed by atoms with E-state index in [-0.39, 0.29) is 15.8 Å². The van der Waals surface area contributed by atoms with Crippen molar-refractivity contribution in [3.05, 3.63) is 88.7 Å². The summed E-state index contributed by atoms with van der Waals surface area (Å²) in [6, 6.07) is 16.6. The van der Waals surface area contributed by atoms with Gasteiger partial charge in [-0.15, -0.1) is 0 Å². The zero-order chi connectivity index (χ0) is 23.3. The summed E-state index contributed by atoms with van der Waals surface area (Å²) in [5.41, 5.74) is 2.12. The van der Waals surface area contributed by atoms with Crippen molar-refractivity contribution in [1.29, 1.82) is 0 Å². The van der Waals surface area contributed by atoms with E-state index in [1.54, 1.807) is 6.20 Å². The van der Waals surface area contributed by atoms with E-state index in [0.717, 1.165) is 29.1 Å². The van der Waals surface area contributed by atoms with Crippen molar-refractivity contribution >= 4 is 40.3 Å². The third-order valence-electron chi connectivity index (χ3n) is 4.73. The second-order valence-electron chi connectivity index (χ2n) is 7.36. The molecule has 1 N–H and O–H groups in total. The van der Waals surface area contributed by atoms with Crippen molar-refractivity contribution in [2.24, 2.45) is 0 Å². The Morgan fingerprint density at radius 2 is 1.75 bits per heavy atom. The third-order valence-corrected chi connectivity index (χ3v) is 5.42. The smallest absolute Gasteiger partial charge is 0.378 e. The van der Waals surface area contributed by atoms with Crippen molar-refractivity contribution in [1.82, 2.24) is 9.88 Å². The van der Waals surface area contributed by atoms with Gasteiger partial charge in [-0.1, -0.05) is 29.8 Å². The standard InChI is InChI=1S/C23H22ClF3N4S/c1-30(2)19-9-6-16(7-10-19)14-31(15-18-5-3-4-12-28-18)22(32)29-21-13-17(23(25,26)27)8-11-20(21)24/h3-13H,14-15H2,1-2H3,(H,29,32). The minimum Gasteiger partial charge on any atom is -0.378 e. The predicted octanol–water partition coefficient (Wildman–Crippen LogP) is 6.22. The summed E-state index contributed by atoms with van der Waals surface area (Å²) in [5, 5.41) is 3.27. The molecule has 168 valence electrons. The average Bonchev–Trinajstić information content (AvgIpc) is 2.75. The number of aromatic nitrogens is 1. The molecule has 0 bridgehead atoms. The molecule has 32 heavy (non-hydrogen) atoms. The Hall–Kier alpha value is -2.84. The van der Waals surface area contributed by atoms with Crippen LogP contribution >= 0.6 is 23.8 Å². The summed E-state index contributed by atoms with van der Waals surface area (Å²) in [5.74, 6) is 0. The first-order chi connectivity index (χ1) is 15.1. The van der Waals surface area contributed by atoms with Crippen LogP contribution in [0.3, 0.4) is 0 Å². The van der Waals surface area contributed by atoms with E-state index in [1.165, 1.54) is 6.07 Å². The first kappa shape index (κ1) is 23.8. The molecule has 1 aromatic heterocycles. The van der Waals surface area contributed by atoms with E-state index in [9.17, 15) is 13.2 Å². The summed E-state index contributed by atoms with van der Waals surface area (Å²) in [6.07, 6.45) is -2.80. The molecule has 0 aliphatic heterocycles. The Balaban J connectivity index is 1.85. The first-order valence-corrected chi connectivity index (χ1v) is 10.5. The lowest BCUT2D eigenvalue weighted by Gasteiger charge is -2.26. The maximum absolute atomic E-state index is 13.1. The van der Waals surface area contributed by atoms with Gasteiger partial charge in [-0.25, -0.2) is 0 Å². The van der Waals surface area contributed by atoms with Gasteiger partial charge < -0.3 is 15.1 Å². The number of benzene rings is 2. The number of rotatable bonds is 6. The molecule has 0 spiro atoms. The van der Waals surface area contributed by atoms with Crippen molar-refractivity contribution in [2.45, 2.75) is 19.3 Å². The summed E-state index contributed by atoms with van der Waals surface area (Å²) in [6.45, 7) is 0.811. The molecule has 0 amide bonds. The fraction of sp³-hybridized carbons (Fsp3) is 0.217. The van der Waals surface area contributed by atoms with Crippen LogP contribution in [0, 0.1) is 0 Å². The lowest BCUT2D eigenvalue weighted by Crippen LogP contribution is -2.34. The summed E-state index contributed by atoms with van der Waals surface area (Å²) < 4.78 is 39.4. The van der Waals surface area contributed by atoms with Crippen molar-refractivity contribution in [3.8, 4) is 0 Å². The number of hydrogen-bond acceptors (Lipinski definition) is 3. The maximum Gasteiger partial charge on any atom is 0.416 e. The van der Waals surface area contributed by atoms with E-state index in [2.05, 4.69) is 10.3 Å². The number of hydrogen-bond donors (Lipinski definition) is 1. The second-order valence-corrected chi connectivity index (χ2v) is 8.15. The van der Waals surface area contributed by atoms with Crippen LogP contribution < -0.4 is 10.2 Å². The SMILES string of the molecule is CN(C)c1ccc(CN(Cc2ccccn2)C(=S)Nc2cc(C(F)(F)F)ccc2Cl)cc1. The number of halogens is 4. The minimum atomic E-state index is -4.48. The molecule has 0 unspecified atom stereocenters. The summed E-state index contributed by atoms with van der Waals surface area (Å²) >= 11 is 11.7. The van der Waals surface area contributed by atoms with Crippen molar-refractivity contribution in [2.75, 3.05) is 24.3 Å². The van der Waals surface area contributed by atoms with Gasteiger partial charge in [-0.05, 0) is 60.2 Å². The van der Waals surface area contributed by atoms with Gasteiger partial charge in [0.25, 0.3) is 0 Å². The minimum absolute atomic E-state index is 0.0977. The highest BCUT2D eigenvalue weighted by molar-refractivity contribution is 7.80. The van der Waals surface area contributed by atoms with Gasteiger partial charge in [-0.2, -0.15) is 13.2 Å². The van der Waals surface area contributed by atoms with E-state index in [0.29, 0.717) is 13.1 Å². The fourth-order valence-electron chi connectivity index (χ4n) is 3.00. The molecule has 0 radical (unpaired) electrons. The van der Waals surface area contributed by atoms with Crippen LogP contribution in [0.2, 0.25) is 5.02 Å². The zero-order valence-corrected chi connectivity index (χ0v) is 19.1. The number of nitrogens with one attached hydrogen (secondary N) is 1. The van der Waals surface area contributed by atoms with E-state index >= 15 is 0 Å². The molecule has 3 rings (SSSR count). The van der Waals surface area contributed by atoms with Crippen molar-refractivity contribution in [3.63, 3.8) is 0 Å². The topological polar surface area (TPSA) is 31.4 Å². The number of nitrogens with zero attached hydrogens (tertiary/aromatic N) is 3. The van der Waals surface area contributed by atoms with Gasteiger partial charge in [0.2, 0.25) is 0 Å². The van der Waals surface area contributed by atoms with E-state index in [1.807, 2.05) is 66.4 Å². The number of anilines is 2. The van der Waals surface area contributed by atoms with Crippen LogP contribution in [0.1, 0.15) is 16.8 Å². The van der Waals surface area contributed by atoms with Gasteiger partial charge in [-0.3, -0.25) is 4.98 Å². The fourth-order valence-corrected chi connectivity index (χ4v) is 3.40. The molecule has 2 aromatic carbocycles. The van der Waals surface area contributed by atoms with Gasteiger partial charge in [0.05, 0.1) is 28.5 Å². The van der Waals surface area contributed by atoms with Gasteiger partial charge in [0.15, 0.2) is 5.11 Å². The Morgan fingerprint density at radius 1 is 1.03 bits per heavy atom. The maximum atomic E-state index is 13.1. The third kappa shape index (κ3) is 6.34. The number of pyridine rings is 1. The Kier molecular flexibility index (Phi) is 7.58. The van der Waals surface area contributed by atoms with Crippen LogP contribution in [0.15, 0.2) is 66.9 Å². The zero-order valence-electron chi connectivity index (χ0n) is 17.5.